The molecule has 0 bridgehead atoms. The lowest BCUT2D eigenvalue weighted by molar-refractivity contribution is -0.137. The van der Waals surface area contributed by atoms with Crippen molar-refractivity contribution >= 4 is 17.4 Å². The SMILES string of the molecule is Fc1cccc(Cl)c1C1=NC2CC=C(C#Cc3ccc(C(F)(F)F)cc3)C=C2N1. The maximum atomic E-state index is 14.1. The maximum absolute atomic E-state index is 14.1. The van der Waals surface area contributed by atoms with E-state index in [1.807, 2.05) is 6.08 Å². The Balaban J connectivity index is 1.51. The molecule has 0 saturated carbocycles. The molecule has 0 saturated heterocycles. The number of fused-ring (bicyclic) bond motifs is 1. The van der Waals surface area contributed by atoms with Crippen LogP contribution in [-0.2, 0) is 6.18 Å². The summed E-state index contributed by atoms with van der Waals surface area (Å²) >= 11 is 6.11. The Hall–Kier alpha value is -3.04. The molecule has 0 amide bonds. The van der Waals surface area contributed by atoms with Gasteiger partial charge >= 0.3 is 6.18 Å². The minimum absolute atomic E-state index is 0.169. The smallest absolute Gasteiger partial charge is 0.341 e. The fraction of sp³-hybridized carbons (Fsp3) is 0.136. The molecule has 0 aromatic heterocycles. The van der Waals surface area contributed by atoms with Crippen molar-refractivity contribution in [2.24, 2.45) is 4.99 Å². The van der Waals surface area contributed by atoms with Gasteiger partial charge in [0.05, 0.1) is 22.2 Å². The Kier molecular flexibility index (Phi) is 4.93. The van der Waals surface area contributed by atoms with E-state index >= 15 is 0 Å². The van der Waals surface area contributed by atoms with Crippen LogP contribution in [0, 0.1) is 17.7 Å². The third kappa shape index (κ3) is 4.06. The lowest BCUT2D eigenvalue weighted by Crippen LogP contribution is -2.22. The molecule has 2 aromatic carbocycles. The number of halogens is 5. The molecule has 1 unspecified atom stereocenters. The van der Waals surface area contributed by atoms with Crippen molar-refractivity contribution in [1.29, 1.82) is 0 Å². The van der Waals surface area contributed by atoms with Crippen molar-refractivity contribution in [3.8, 4) is 11.8 Å². The number of amidine groups is 1. The lowest BCUT2D eigenvalue weighted by Gasteiger charge is -2.12. The number of hydrogen-bond donors (Lipinski definition) is 1. The molecule has 1 heterocycles. The van der Waals surface area contributed by atoms with E-state index in [0.29, 0.717) is 23.4 Å². The third-order valence-electron chi connectivity index (χ3n) is 4.54. The fourth-order valence-electron chi connectivity index (χ4n) is 3.08. The van der Waals surface area contributed by atoms with Gasteiger partial charge in [-0.25, -0.2) is 4.39 Å². The Bertz CT molecular complexity index is 1100. The standard InChI is InChI=1S/C22H13ClF4N2/c23-16-2-1-3-17(24)20(16)21-28-18-11-8-14(12-19(18)29-21)5-4-13-6-9-15(10-7-13)22(25,26)27/h1-3,6-10,12,18H,11H2,(H,28,29). The molecular weight excluding hydrogens is 404 g/mol. The predicted octanol–water partition coefficient (Wildman–Crippen LogP) is 5.48. The normalized spacial score (nSPS) is 18.0. The third-order valence-corrected chi connectivity index (χ3v) is 4.86. The van der Waals surface area contributed by atoms with Crippen LogP contribution in [-0.4, -0.2) is 11.9 Å². The summed E-state index contributed by atoms with van der Waals surface area (Å²) in [6, 6.07) is 8.96. The summed E-state index contributed by atoms with van der Waals surface area (Å²) in [5.74, 6) is 5.72. The highest BCUT2D eigenvalue weighted by molar-refractivity contribution is 6.34. The first-order valence-electron chi connectivity index (χ1n) is 8.71. The maximum Gasteiger partial charge on any atom is 0.416 e. The van der Waals surface area contributed by atoms with E-state index in [0.717, 1.165) is 17.8 Å². The minimum atomic E-state index is -4.37. The molecule has 146 valence electrons. The highest BCUT2D eigenvalue weighted by atomic mass is 35.5. The molecule has 1 atom stereocenters. The average molecular weight is 417 g/mol. The van der Waals surface area contributed by atoms with E-state index in [1.165, 1.54) is 24.3 Å². The second-order valence-corrected chi connectivity index (χ2v) is 6.94. The van der Waals surface area contributed by atoms with Crippen LogP contribution in [0.4, 0.5) is 17.6 Å². The zero-order chi connectivity index (χ0) is 20.6. The van der Waals surface area contributed by atoms with Gasteiger partial charge in [0.25, 0.3) is 0 Å². The van der Waals surface area contributed by atoms with Crippen molar-refractivity contribution in [3.05, 3.63) is 93.4 Å². The summed E-state index contributed by atoms with van der Waals surface area (Å²) in [5, 5.41) is 3.37. The molecule has 2 aliphatic rings. The van der Waals surface area contributed by atoms with Crippen LogP contribution in [0.15, 0.2) is 70.9 Å². The van der Waals surface area contributed by atoms with Crippen molar-refractivity contribution in [3.63, 3.8) is 0 Å². The van der Waals surface area contributed by atoms with Gasteiger partial charge in [-0.3, -0.25) is 4.99 Å². The van der Waals surface area contributed by atoms with Gasteiger partial charge in [-0.15, -0.1) is 0 Å². The van der Waals surface area contributed by atoms with Crippen molar-refractivity contribution in [2.45, 2.75) is 18.6 Å². The number of aliphatic imine (C=N–C) groups is 1. The second kappa shape index (κ2) is 7.41. The number of allylic oxidation sites excluding steroid dienone is 2. The largest absolute Gasteiger partial charge is 0.416 e. The van der Waals surface area contributed by atoms with Crippen LogP contribution in [0.25, 0.3) is 0 Å². The number of hydrogen-bond acceptors (Lipinski definition) is 2. The first kappa shape index (κ1) is 19.3. The van der Waals surface area contributed by atoms with Gasteiger partial charge in [0, 0.05) is 16.8 Å². The van der Waals surface area contributed by atoms with Gasteiger partial charge in [-0.2, -0.15) is 13.2 Å². The summed E-state index contributed by atoms with van der Waals surface area (Å²) in [7, 11) is 0. The molecule has 4 rings (SSSR count). The van der Waals surface area contributed by atoms with Crippen LogP contribution in [0.2, 0.25) is 5.02 Å². The van der Waals surface area contributed by atoms with E-state index < -0.39 is 17.6 Å². The Labute approximate surface area is 169 Å². The molecule has 29 heavy (non-hydrogen) atoms. The molecule has 2 nitrogen and oxygen atoms in total. The number of benzene rings is 2. The van der Waals surface area contributed by atoms with E-state index in [4.69, 9.17) is 11.6 Å². The van der Waals surface area contributed by atoms with Crippen LogP contribution in [0.3, 0.4) is 0 Å². The Morgan fingerprint density at radius 2 is 1.83 bits per heavy atom. The first-order chi connectivity index (χ1) is 13.8. The first-order valence-corrected chi connectivity index (χ1v) is 9.09. The number of alkyl halides is 3. The van der Waals surface area contributed by atoms with E-state index in [9.17, 15) is 17.6 Å². The van der Waals surface area contributed by atoms with E-state index in [2.05, 4.69) is 22.2 Å². The summed E-state index contributed by atoms with van der Waals surface area (Å²) in [6.45, 7) is 0. The van der Waals surface area contributed by atoms with E-state index in [1.54, 1.807) is 12.1 Å². The van der Waals surface area contributed by atoms with Gasteiger partial charge in [0.15, 0.2) is 0 Å². The molecular formula is C22H13ClF4N2. The van der Waals surface area contributed by atoms with Crippen LogP contribution in [0.5, 0.6) is 0 Å². The second-order valence-electron chi connectivity index (χ2n) is 6.54. The van der Waals surface area contributed by atoms with Crippen molar-refractivity contribution < 1.29 is 17.6 Å². The van der Waals surface area contributed by atoms with Crippen LogP contribution in [0.1, 0.15) is 23.1 Å². The van der Waals surface area contributed by atoms with Gasteiger partial charge in [-0.05, 0) is 48.9 Å². The summed E-state index contributed by atoms with van der Waals surface area (Å²) < 4.78 is 52.0. The van der Waals surface area contributed by atoms with Crippen molar-refractivity contribution in [2.75, 3.05) is 0 Å². The molecule has 1 aliphatic heterocycles. The van der Waals surface area contributed by atoms with Crippen LogP contribution < -0.4 is 5.32 Å². The highest BCUT2D eigenvalue weighted by Gasteiger charge is 2.30. The topological polar surface area (TPSA) is 24.4 Å². The molecule has 0 radical (unpaired) electrons. The number of nitrogens with one attached hydrogen (secondary N) is 1. The zero-order valence-electron chi connectivity index (χ0n) is 14.8. The number of rotatable bonds is 1. The summed E-state index contributed by atoms with van der Waals surface area (Å²) in [4.78, 5) is 4.50. The summed E-state index contributed by atoms with van der Waals surface area (Å²) in [5.41, 5.74) is 1.48. The molecule has 1 aliphatic carbocycles. The fourth-order valence-corrected chi connectivity index (χ4v) is 3.33. The highest BCUT2D eigenvalue weighted by Crippen LogP contribution is 2.29. The van der Waals surface area contributed by atoms with Gasteiger partial charge < -0.3 is 5.32 Å². The van der Waals surface area contributed by atoms with E-state index in [-0.39, 0.29) is 16.6 Å². The molecule has 2 aromatic rings. The van der Waals surface area contributed by atoms with Crippen LogP contribution >= 0.6 is 11.6 Å². The quantitative estimate of drug-likeness (QED) is 0.483. The molecule has 7 heteroatoms. The number of nitrogens with zero attached hydrogens (tertiary/aromatic N) is 1. The average Bonchev–Trinajstić information content (AvgIpc) is 3.08. The molecule has 1 N–H and O–H groups in total. The predicted molar refractivity (Wildman–Crippen MR) is 104 cm³/mol. The Morgan fingerprint density at radius 1 is 1.07 bits per heavy atom. The van der Waals surface area contributed by atoms with Gasteiger partial charge in [0.2, 0.25) is 0 Å². The zero-order valence-corrected chi connectivity index (χ0v) is 15.6. The minimum Gasteiger partial charge on any atom is -0.341 e. The monoisotopic (exact) mass is 416 g/mol. The lowest BCUT2D eigenvalue weighted by atomic mass is 10.0. The molecule has 0 spiro atoms. The van der Waals surface area contributed by atoms with Crippen molar-refractivity contribution in [1.82, 2.24) is 5.32 Å². The summed E-state index contributed by atoms with van der Waals surface area (Å²) in [6.07, 6.45) is -0.103. The molecule has 0 fully saturated rings. The van der Waals surface area contributed by atoms with Gasteiger partial charge in [-0.1, -0.05) is 35.6 Å². The Morgan fingerprint density at radius 3 is 2.52 bits per heavy atom. The van der Waals surface area contributed by atoms with Gasteiger partial charge in [0.1, 0.15) is 11.7 Å².